The lowest BCUT2D eigenvalue weighted by molar-refractivity contribution is -0.219. The summed E-state index contributed by atoms with van der Waals surface area (Å²) in [4.78, 5) is 0. The number of unbranched alkanes of at least 4 members (excludes halogenated alkanes) is 2. The van der Waals surface area contributed by atoms with Crippen molar-refractivity contribution in [3.8, 4) is 0 Å². The van der Waals surface area contributed by atoms with Crippen molar-refractivity contribution in [2.75, 3.05) is 26.4 Å². The Morgan fingerprint density at radius 2 is 1.35 bits per heavy atom. The number of hydrogen-bond donors (Lipinski definition) is 0. The molecular formula is C19H34O4. The molecule has 0 saturated carbocycles. The SMILES string of the molecule is C=CCCC1COC(CCC2COC(CCCCC)OC2)OC1. The molecule has 2 aliphatic heterocycles. The van der Waals surface area contributed by atoms with Gasteiger partial charge in [-0.2, -0.15) is 0 Å². The van der Waals surface area contributed by atoms with Crippen molar-refractivity contribution in [3.63, 3.8) is 0 Å². The van der Waals surface area contributed by atoms with Gasteiger partial charge in [-0.1, -0.05) is 25.8 Å². The fourth-order valence-corrected chi connectivity index (χ4v) is 3.12. The fourth-order valence-electron chi connectivity index (χ4n) is 3.12. The first kappa shape index (κ1) is 18.9. The molecule has 0 aromatic carbocycles. The Hall–Kier alpha value is -0.420. The largest absolute Gasteiger partial charge is 0.352 e. The summed E-state index contributed by atoms with van der Waals surface area (Å²) in [6.07, 6.45) is 10.8. The van der Waals surface area contributed by atoms with Gasteiger partial charge in [0.05, 0.1) is 26.4 Å². The topological polar surface area (TPSA) is 36.9 Å². The zero-order valence-corrected chi connectivity index (χ0v) is 14.7. The monoisotopic (exact) mass is 326 g/mol. The minimum atomic E-state index is -0.0442. The highest BCUT2D eigenvalue weighted by molar-refractivity contribution is 4.72. The van der Waals surface area contributed by atoms with E-state index in [9.17, 15) is 0 Å². The van der Waals surface area contributed by atoms with E-state index >= 15 is 0 Å². The lowest BCUT2D eigenvalue weighted by Crippen LogP contribution is -2.35. The molecule has 2 fully saturated rings. The van der Waals surface area contributed by atoms with Gasteiger partial charge in [0.2, 0.25) is 0 Å². The Labute approximate surface area is 141 Å². The van der Waals surface area contributed by atoms with Gasteiger partial charge in [-0.15, -0.1) is 6.58 Å². The van der Waals surface area contributed by atoms with E-state index in [4.69, 9.17) is 18.9 Å². The molecule has 2 rings (SSSR count). The van der Waals surface area contributed by atoms with E-state index in [1.165, 1.54) is 19.3 Å². The van der Waals surface area contributed by atoms with Gasteiger partial charge < -0.3 is 18.9 Å². The van der Waals surface area contributed by atoms with Crippen molar-refractivity contribution in [1.82, 2.24) is 0 Å². The second kappa shape index (κ2) is 11.2. The van der Waals surface area contributed by atoms with Crippen molar-refractivity contribution in [1.29, 1.82) is 0 Å². The molecule has 0 aromatic heterocycles. The zero-order chi connectivity index (χ0) is 16.3. The van der Waals surface area contributed by atoms with E-state index in [0.717, 1.165) is 58.5 Å². The molecule has 0 N–H and O–H groups in total. The molecule has 0 unspecified atom stereocenters. The van der Waals surface area contributed by atoms with Crippen LogP contribution in [0.25, 0.3) is 0 Å². The van der Waals surface area contributed by atoms with Crippen LogP contribution in [0.1, 0.15) is 58.3 Å². The number of hydrogen-bond acceptors (Lipinski definition) is 4. The van der Waals surface area contributed by atoms with Gasteiger partial charge in [0.25, 0.3) is 0 Å². The summed E-state index contributed by atoms with van der Waals surface area (Å²) in [6.45, 7) is 9.23. The van der Waals surface area contributed by atoms with Crippen LogP contribution in [0.5, 0.6) is 0 Å². The lowest BCUT2D eigenvalue weighted by atomic mass is 10.0. The summed E-state index contributed by atoms with van der Waals surface area (Å²) in [6, 6.07) is 0. The molecule has 23 heavy (non-hydrogen) atoms. The van der Waals surface area contributed by atoms with Crippen molar-refractivity contribution >= 4 is 0 Å². The molecule has 2 heterocycles. The molecule has 0 spiro atoms. The number of rotatable bonds is 10. The van der Waals surface area contributed by atoms with Crippen LogP contribution in [0.15, 0.2) is 12.7 Å². The highest BCUT2D eigenvalue weighted by atomic mass is 16.7. The van der Waals surface area contributed by atoms with Crippen molar-refractivity contribution < 1.29 is 18.9 Å². The molecule has 0 radical (unpaired) electrons. The van der Waals surface area contributed by atoms with E-state index in [2.05, 4.69) is 13.5 Å². The van der Waals surface area contributed by atoms with Gasteiger partial charge in [-0.25, -0.2) is 0 Å². The number of ether oxygens (including phenoxy) is 4. The normalized spacial score (nSPS) is 31.9. The first-order valence-corrected chi connectivity index (χ1v) is 9.39. The van der Waals surface area contributed by atoms with Crippen LogP contribution >= 0.6 is 0 Å². The van der Waals surface area contributed by atoms with Gasteiger partial charge >= 0.3 is 0 Å². The Balaban J connectivity index is 1.51. The second-order valence-corrected chi connectivity index (χ2v) is 6.86. The van der Waals surface area contributed by atoms with E-state index in [0.29, 0.717) is 11.8 Å². The predicted octanol–water partition coefficient (Wildman–Crippen LogP) is 4.29. The van der Waals surface area contributed by atoms with E-state index in [1.54, 1.807) is 0 Å². The summed E-state index contributed by atoms with van der Waals surface area (Å²) in [5, 5.41) is 0. The third kappa shape index (κ3) is 7.34. The quantitative estimate of drug-likeness (QED) is 0.443. The Bertz CT molecular complexity index is 304. The summed E-state index contributed by atoms with van der Waals surface area (Å²) in [5.41, 5.74) is 0. The average Bonchev–Trinajstić information content (AvgIpc) is 2.60. The highest BCUT2D eigenvalue weighted by Gasteiger charge is 2.25. The van der Waals surface area contributed by atoms with Crippen LogP contribution in [-0.2, 0) is 18.9 Å². The maximum Gasteiger partial charge on any atom is 0.157 e. The molecule has 2 aliphatic rings. The van der Waals surface area contributed by atoms with Crippen LogP contribution < -0.4 is 0 Å². The molecule has 4 heteroatoms. The van der Waals surface area contributed by atoms with Gasteiger partial charge in [-0.3, -0.25) is 0 Å². The standard InChI is InChI=1S/C19H34O4/c1-3-5-7-9-18-20-14-17(15-21-18)10-11-19-22-12-16(13-23-19)8-6-4-2/h4,16-19H,2-3,5-15H2,1H3. The van der Waals surface area contributed by atoms with Crippen molar-refractivity contribution in [2.24, 2.45) is 11.8 Å². The van der Waals surface area contributed by atoms with E-state index < -0.39 is 0 Å². The van der Waals surface area contributed by atoms with Crippen LogP contribution in [0.3, 0.4) is 0 Å². The smallest absolute Gasteiger partial charge is 0.157 e. The predicted molar refractivity (Wildman–Crippen MR) is 91.2 cm³/mol. The first-order chi connectivity index (χ1) is 11.3. The Kier molecular flexibility index (Phi) is 9.20. The van der Waals surface area contributed by atoms with Crippen molar-refractivity contribution in [2.45, 2.75) is 70.9 Å². The molecule has 134 valence electrons. The lowest BCUT2D eigenvalue weighted by Gasteiger charge is -2.32. The van der Waals surface area contributed by atoms with E-state index in [1.807, 2.05) is 6.08 Å². The molecule has 0 atom stereocenters. The Morgan fingerprint density at radius 1 is 0.783 bits per heavy atom. The van der Waals surface area contributed by atoms with Crippen LogP contribution in [-0.4, -0.2) is 39.0 Å². The third-order valence-electron chi connectivity index (χ3n) is 4.70. The van der Waals surface area contributed by atoms with Gasteiger partial charge in [0.1, 0.15) is 0 Å². The maximum absolute atomic E-state index is 5.83. The summed E-state index contributed by atoms with van der Waals surface area (Å²) in [7, 11) is 0. The highest BCUT2D eigenvalue weighted by Crippen LogP contribution is 2.23. The van der Waals surface area contributed by atoms with E-state index in [-0.39, 0.29) is 12.6 Å². The van der Waals surface area contributed by atoms with Crippen molar-refractivity contribution in [3.05, 3.63) is 12.7 Å². The molecule has 0 amide bonds. The average molecular weight is 326 g/mol. The fraction of sp³-hybridized carbons (Fsp3) is 0.895. The third-order valence-corrected chi connectivity index (χ3v) is 4.70. The van der Waals surface area contributed by atoms with Gasteiger partial charge in [-0.05, 0) is 38.5 Å². The molecular weight excluding hydrogens is 292 g/mol. The zero-order valence-electron chi connectivity index (χ0n) is 14.7. The van der Waals surface area contributed by atoms with Crippen LogP contribution in [0.2, 0.25) is 0 Å². The molecule has 4 nitrogen and oxygen atoms in total. The summed E-state index contributed by atoms with van der Waals surface area (Å²) >= 11 is 0. The molecule has 0 aliphatic carbocycles. The maximum atomic E-state index is 5.83. The first-order valence-electron chi connectivity index (χ1n) is 9.39. The molecule has 2 saturated heterocycles. The van der Waals surface area contributed by atoms with Gasteiger partial charge in [0, 0.05) is 11.8 Å². The minimum Gasteiger partial charge on any atom is -0.352 e. The molecule has 0 bridgehead atoms. The van der Waals surface area contributed by atoms with Crippen LogP contribution in [0, 0.1) is 11.8 Å². The summed E-state index contributed by atoms with van der Waals surface area (Å²) < 4.78 is 23.3. The molecule has 0 aromatic rings. The Morgan fingerprint density at radius 3 is 1.91 bits per heavy atom. The minimum absolute atomic E-state index is 0.0191. The van der Waals surface area contributed by atoms with Crippen LogP contribution in [0.4, 0.5) is 0 Å². The summed E-state index contributed by atoms with van der Waals surface area (Å²) in [5.74, 6) is 0.998. The van der Waals surface area contributed by atoms with Gasteiger partial charge in [0.15, 0.2) is 12.6 Å². The number of allylic oxidation sites excluding steroid dienone is 1. The second-order valence-electron chi connectivity index (χ2n) is 6.86.